The van der Waals surface area contributed by atoms with Gasteiger partial charge in [0.1, 0.15) is 5.75 Å². The van der Waals surface area contributed by atoms with Gasteiger partial charge in [-0.25, -0.2) is 9.59 Å². The van der Waals surface area contributed by atoms with E-state index in [1.165, 1.54) is 18.2 Å². The van der Waals surface area contributed by atoms with Gasteiger partial charge in [0, 0.05) is 0 Å². The van der Waals surface area contributed by atoms with Crippen molar-refractivity contribution in [1.29, 1.82) is 0 Å². The van der Waals surface area contributed by atoms with Crippen LogP contribution in [0.1, 0.15) is 26.3 Å². The smallest absolute Gasteiger partial charge is 0.335 e. The normalized spacial score (nSPS) is 9.27. The van der Waals surface area contributed by atoms with Crippen molar-refractivity contribution in [3.8, 4) is 5.75 Å². The van der Waals surface area contributed by atoms with Crippen LogP contribution in [0, 0.1) is 0 Å². The molecule has 5 heteroatoms. The molecule has 0 saturated carbocycles. The number of aromatic hydroxyl groups is 1. The lowest BCUT2D eigenvalue weighted by atomic mass is 10.1. The molecule has 0 aliphatic rings. The Hall–Kier alpha value is -3.08. The number of hydrogen-bond acceptors (Lipinski definition) is 3. The van der Waals surface area contributed by atoms with Crippen molar-refractivity contribution in [3.05, 3.63) is 77.9 Å². The van der Waals surface area contributed by atoms with Crippen LogP contribution in [-0.2, 0) is 6.42 Å². The van der Waals surface area contributed by atoms with E-state index in [-0.39, 0.29) is 11.1 Å². The second-order valence-corrected chi connectivity index (χ2v) is 4.31. The number of para-hydroxylation sites is 1. The highest BCUT2D eigenvalue weighted by Gasteiger charge is 2.06. The highest BCUT2D eigenvalue weighted by atomic mass is 16.4. The molecule has 5 nitrogen and oxygen atoms in total. The first kappa shape index (κ1) is 17.0. The van der Waals surface area contributed by atoms with Gasteiger partial charge in [0.05, 0.1) is 11.1 Å². The van der Waals surface area contributed by atoms with Crippen LogP contribution in [-0.4, -0.2) is 27.3 Å². The number of allylic oxidation sites excluding steroid dienone is 1. The maximum absolute atomic E-state index is 10.4. The number of carboxylic acids is 2. The summed E-state index contributed by atoms with van der Waals surface area (Å²) < 4.78 is 0. The molecular weight excluding hydrogens is 284 g/mol. The predicted octanol–water partition coefficient (Wildman–Crippen LogP) is 3.20. The first-order valence-corrected chi connectivity index (χ1v) is 6.40. The minimum atomic E-state index is -1.13. The molecule has 0 amide bonds. The van der Waals surface area contributed by atoms with Gasteiger partial charge in [-0.3, -0.25) is 0 Å². The van der Waals surface area contributed by atoms with Crippen molar-refractivity contribution in [2.75, 3.05) is 0 Å². The summed E-state index contributed by atoms with van der Waals surface area (Å²) in [6.07, 6.45) is 2.50. The van der Waals surface area contributed by atoms with E-state index in [0.717, 1.165) is 18.1 Å². The second-order valence-electron chi connectivity index (χ2n) is 4.31. The van der Waals surface area contributed by atoms with E-state index in [1.54, 1.807) is 12.1 Å². The van der Waals surface area contributed by atoms with Crippen LogP contribution in [0.5, 0.6) is 5.75 Å². The number of phenols is 1. The van der Waals surface area contributed by atoms with Crippen molar-refractivity contribution in [2.45, 2.75) is 6.42 Å². The minimum absolute atomic E-state index is 0.0186. The van der Waals surface area contributed by atoms with Gasteiger partial charge in [-0.2, -0.15) is 0 Å². The molecule has 0 saturated heterocycles. The predicted molar refractivity (Wildman–Crippen MR) is 82.4 cm³/mol. The standard InChI is InChI=1S/C9H10O.C8H6O4/c1-2-5-8-6-3-4-7-9(8)10;9-7(10)5-2-1-3-6(4-5)8(11)12/h2-4,6-7,10H,1,5H2;1-4H,(H,9,10)(H,11,12). The SMILES string of the molecule is C=CCc1ccccc1O.O=C(O)c1cccc(C(=O)O)c1. The average molecular weight is 300 g/mol. The number of carboxylic acid groups (broad SMARTS) is 2. The molecule has 0 aliphatic heterocycles. The van der Waals surface area contributed by atoms with E-state index in [0.29, 0.717) is 5.75 Å². The third kappa shape index (κ3) is 5.13. The van der Waals surface area contributed by atoms with Crippen LogP contribution in [0.15, 0.2) is 61.2 Å². The summed E-state index contributed by atoms with van der Waals surface area (Å²) in [5.74, 6) is -1.90. The van der Waals surface area contributed by atoms with Gasteiger partial charge in [-0.05, 0) is 36.2 Å². The van der Waals surface area contributed by atoms with E-state index >= 15 is 0 Å². The topological polar surface area (TPSA) is 94.8 Å². The van der Waals surface area contributed by atoms with E-state index < -0.39 is 11.9 Å². The lowest BCUT2D eigenvalue weighted by molar-refractivity contribution is 0.0696. The minimum Gasteiger partial charge on any atom is -0.508 e. The van der Waals surface area contributed by atoms with Gasteiger partial charge in [-0.1, -0.05) is 30.3 Å². The Kier molecular flexibility index (Phi) is 6.37. The van der Waals surface area contributed by atoms with Gasteiger partial charge in [-0.15, -0.1) is 6.58 Å². The van der Waals surface area contributed by atoms with E-state index in [9.17, 15) is 14.7 Å². The Labute approximate surface area is 127 Å². The first-order chi connectivity index (χ1) is 10.5. The van der Waals surface area contributed by atoms with Crippen LogP contribution in [0.3, 0.4) is 0 Å². The number of benzene rings is 2. The first-order valence-electron chi connectivity index (χ1n) is 6.40. The molecule has 0 aromatic heterocycles. The molecule has 0 atom stereocenters. The summed E-state index contributed by atoms with van der Waals surface area (Å²) >= 11 is 0. The maximum Gasteiger partial charge on any atom is 0.335 e. The number of aromatic carboxylic acids is 2. The fourth-order valence-corrected chi connectivity index (χ4v) is 1.62. The van der Waals surface area contributed by atoms with Gasteiger partial charge in [0.15, 0.2) is 0 Å². The highest BCUT2D eigenvalue weighted by Crippen LogP contribution is 2.15. The summed E-state index contributed by atoms with van der Waals surface area (Å²) in [6.45, 7) is 3.59. The van der Waals surface area contributed by atoms with Crippen LogP contribution in [0.25, 0.3) is 0 Å². The zero-order valence-corrected chi connectivity index (χ0v) is 11.8. The zero-order chi connectivity index (χ0) is 16.5. The lowest BCUT2D eigenvalue weighted by Gasteiger charge is -1.97. The second kappa shape index (κ2) is 8.26. The molecule has 114 valence electrons. The van der Waals surface area contributed by atoms with Gasteiger partial charge >= 0.3 is 11.9 Å². The van der Waals surface area contributed by atoms with Crippen molar-refractivity contribution < 1.29 is 24.9 Å². The highest BCUT2D eigenvalue weighted by molar-refractivity contribution is 5.93. The van der Waals surface area contributed by atoms with Crippen LogP contribution in [0.4, 0.5) is 0 Å². The number of rotatable bonds is 4. The lowest BCUT2D eigenvalue weighted by Crippen LogP contribution is -2.01. The Balaban J connectivity index is 0.000000224. The molecule has 0 aliphatic carbocycles. The summed E-state index contributed by atoms with van der Waals surface area (Å²) in [7, 11) is 0. The molecule has 2 aromatic rings. The zero-order valence-electron chi connectivity index (χ0n) is 11.8. The maximum atomic E-state index is 10.4. The van der Waals surface area contributed by atoms with Gasteiger partial charge < -0.3 is 15.3 Å². The fourth-order valence-electron chi connectivity index (χ4n) is 1.62. The summed E-state index contributed by atoms with van der Waals surface area (Å²) in [6, 6.07) is 12.5. The molecular formula is C17H16O5. The van der Waals surface area contributed by atoms with Crippen molar-refractivity contribution in [2.24, 2.45) is 0 Å². The van der Waals surface area contributed by atoms with E-state index in [2.05, 4.69) is 6.58 Å². The molecule has 3 N–H and O–H groups in total. The Morgan fingerprint density at radius 1 is 0.955 bits per heavy atom. The molecule has 0 bridgehead atoms. The average Bonchev–Trinajstić information content (AvgIpc) is 2.50. The molecule has 0 heterocycles. The molecule has 2 rings (SSSR count). The largest absolute Gasteiger partial charge is 0.508 e. The molecule has 0 spiro atoms. The number of phenolic OH excluding ortho intramolecular Hbond substituents is 1. The van der Waals surface area contributed by atoms with Gasteiger partial charge in [0.2, 0.25) is 0 Å². The van der Waals surface area contributed by atoms with E-state index in [1.807, 2.05) is 18.2 Å². The summed E-state index contributed by atoms with van der Waals surface area (Å²) in [5, 5.41) is 26.2. The Morgan fingerprint density at radius 3 is 1.95 bits per heavy atom. The quantitative estimate of drug-likeness (QED) is 0.754. The van der Waals surface area contributed by atoms with E-state index in [4.69, 9.17) is 10.2 Å². The van der Waals surface area contributed by atoms with Crippen molar-refractivity contribution in [1.82, 2.24) is 0 Å². The third-order valence-electron chi connectivity index (χ3n) is 2.71. The van der Waals surface area contributed by atoms with Crippen molar-refractivity contribution in [3.63, 3.8) is 0 Å². The molecule has 22 heavy (non-hydrogen) atoms. The third-order valence-corrected chi connectivity index (χ3v) is 2.71. The summed E-state index contributed by atoms with van der Waals surface area (Å²) in [4.78, 5) is 20.8. The fraction of sp³-hybridized carbons (Fsp3) is 0.0588. The number of carbonyl (C=O) groups is 2. The molecule has 2 aromatic carbocycles. The Bertz CT molecular complexity index is 647. The number of hydrogen-bond donors (Lipinski definition) is 3. The molecule has 0 radical (unpaired) electrons. The van der Waals surface area contributed by atoms with Gasteiger partial charge in [0.25, 0.3) is 0 Å². The van der Waals surface area contributed by atoms with Crippen molar-refractivity contribution >= 4 is 11.9 Å². The monoisotopic (exact) mass is 300 g/mol. The van der Waals surface area contributed by atoms with Crippen LogP contribution < -0.4 is 0 Å². The Morgan fingerprint density at radius 2 is 1.50 bits per heavy atom. The summed E-state index contributed by atoms with van der Waals surface area (Å²) in [5.41, 5.74) is 0.891. The molecule has 0 unspecified atom stereocenters. The van der Waals surface area contributed by atoms with Crippen LogP contribution >= 0.6 is 0 Å². The molecule has 0 fully saturated rings. The van der Waals surface area contributed by atoms with Crippen LogP contribution in [0.2, 0.25) is 0 Å².